The fourth-order valence-corrected chi connectivity index (χ4v) is 1.37. The molecule has 3 nitrogen and oxygen atoms in total. The Kier molecular flexibility index (Phi) is 7.39. The van der Waals surface area contributed by atoms with E-state index < -0.39 is 0 Å². The SMILES string of the molecule is CC(C)CCN(CCC(C)C)CC(N)=O. The lowest BCUT2D eigenvalue weighted by atomic mass is 10.1. The molecule has 0 rings (SSSR count). The molecule has 2 N–H and O–H groups in total. The number of primary amides is 1. The molecule has 0 unspecified atom stereocenters. The van der Waals surface area contributed by atoms with Crippen LogP contribution in [0.15, 0.2) is 0 Å². The number of hydrogen-bond donors (Lipinski definition) is 1. The molecule has 3 heteroatoms. The topological polar surface area (TPSA) is 46.3 Å². The zero-order valence-electron chi connectivity index (χ0n) is 10.6. The predicted molar refractivity (Wildman–Crippen MR) is 64.5 cm³/mol. The molecule has 0 bridgehead atoms. The maximum absolute atomic E-state index is 10.9. The smallest absolute Gasteiger partial charge is 0.231 e. The summed E-state index contributed by atoms with van der Waals surface area (Å²) in [6, 6.07) is 0. The van der Waals surface area contributed by atoms with Crippen molar-refractivity contribution in [3.8, 4) is 0 Å². The first-order valence-electron chi connectivity index (χ1n) is 5.92. The van der Waals surface area contributed by atoms with E-state index in [1.165, 1.54) is 0 Å². The Hall–Kier alpha value is -0.570. The molecule has 0 aliphatic heterocycles. The molecule has 0 fully saturated rings. The van der Waals surface area contributed by atoms with Crippen molar-refractivity contribution in [2.24, 2.45) is 17.6 Å². The molecule has 0 saturated heterocycles. The van der Waals surface area contributed by atoms with Crippen molar-refractivity contribution < 1.29 is 4.79 Å². The van der Waals surface area contributed by atoms with Gasteiger partial charge >= 0.3 is 0 Å². The van der Waals surface area contributed by atoms with Crippen LogP contribution in [0.3, 0.4) is 0 Å². The van der Waals surface area contributed by atoms with Gasteiger partial charge in [-0.05, 0) is 37.8 Å². The summed E-state index contributed by atoms with van der Waals surface area (Å²) in [5, 5.41) is 0. The van der Waals surface area contributed by atoms with Crippen LogP contribution in [0.1, 0.15) is 40.5 Å². The first-order chi connectivity index (χ1) is 6.91. The molecule has 0 aromatic heterocycles. The van der Waals surface area contributed by atoms with Gasteiger partial charge in [-0.25, -0.2) is 0 Å². The molecule has 0 spiro atoms. The van der Waals surface area contributed by atoms with E-state index in [0.717, 1.165) is 25.9 Å². The lowest BCUT2D eigenvalue weighted by Crippen LogP contribution is -2.36. The Morgan fingerprint density at radius 2 is 1.47 bits per heavy atom. The third kappa shape index (κ3) is 9.73. The van der Waals surface area contributed by atoms with Gasteiger partial charge in [-0.1, -0.05) is 27.7 Å². The van der Waals surface area contributed by atoms with Gasteiger partial charge in [-0.2, -0.15) is 0 Å². The number of rotatable bonds is 8. The van der Waals surface area contributed by atoms with Crippen molar-refractivity contribution in [2.75, 3.05) is 19.6 Å². The summed E-state index contributed by atoms with van der Waals surface area (Å²) in [4.78, 5) is 13.0. The Bertz CT molecular complexity index is 166. The molecule has 0 aliphatic rings. The van der Waals surface area contributed by atoms with Crippen LogP contribution >= 0.6 is 0 Å². The van der Waals surface area contributed by atoms with Gasteiger partial charge in [0.15, 0.2) is 0 Å². The fourth-order valence-electron chi connectivity index (χ4n) is 1.37. The Morgan fingerprint density at radius 1 is 1.07 bits per heavy atom. The molecule has 0 aliphatic carbocycles. The highest BCUT2D eigenvalue weighted by Gasteiger charge is 2.09. The van der Waals surface area contributed by atoms with Crippen molar-refractivity contribution >= 4 is 5.91 Å². The largest absolute Gasteiger partial charge is 0.369 e. The molecule has 0 aromatic rings. The highest BCUT2D eigenvalue weighted by atomic mass is 16.1. The number of amides is 1. The van der Waals surface area contributed by atoms with Crippen LogP contribution in [0.5, 0.6) is 0 Å². The minimum atomic E-state index is -0.220. The second-order valence-electron chi connectivity index (χ2n) is 5.11. The van der Waals surface area contributed by atoms with Gasteiger partial charge in [0.1, 0.15) is 0 Å². The molecule has 0 heterocycles. The third-order valence-corrected chi connectivity index (χ3v) is 2.42. The summed E-state index contributed by atoms with van der Waals surface area (Å²) in [6.45, 7) is 11.2. The average Bonchev–Trinajstić information content (AvgIpc) is 2.08. The monoisotopic (exact) mass is 214 g/mol. The van der Waals surface area contributed by atoms with Gasteiger partial charge in [0, 0.05) is 0 Å². The van der Waals surface area contributed by atoms with Crippen LogP contribution in [0, 0.1) is 11.8 Å². The molecule has 90 valence electrons. The van der Waals surface area contributed by atoms with Crippen molar-refractivity contribution in [3.05, 3.63) is 0 Å². The quantitative estimate of drug-likeness (QED) is 0.670. The molecule has 0 atom stereocenters. The van der Waals surface area contributed by atoms with Gasteiger partial charge in [0.05, 0.1) is 6.54 Å². The highest BCUT2D eigenvalue weighted by molar-refractivity contribution is 5.75. The standard InChI is InChI=1S/C12H26N2O/c1-10(2)5-7-14(9-12(13)15)8-6-11(3)4/h10-11H,5-9H2,1-4H3,(H2,13,15). The fraction of sp³-hybridized carbons (Fsp3) is 0.917. The summed E-state index contributed by atoms with van der Waals surface area (Å²) in [5.41, 5.74) is 5.23. The van der Waals surface area contributed by atoms with Crippen molar-refractivity contribution in [1.82, 2.24) is 4.90 Å². The molecule has 0 radical (unpaired) electrons. The molecule has 1 amide bonds. The molecule has 0 aromatic carbocycles. The second kappa shape index (κ2) is 7.69. The number of nitrogens with two attached hydrogens (primary N) is 1. The minimum Gasteiger partial charge on any atom is -0.369 e. The van der Waals surface area contributed by atoms with E-state index in [0.29, 0.717) is 18.4 Å². The van der Waals surface area contributed by atoms with Gasteiger partial charge in [-0.3, -0.25) is 9.69 Å². The van der Waals surface area contributed by atoms with E-state index in [1.807, 2.05) is 0 Å². The lowest BCUT2D eigenvalue weighted by Gasteiger charge is -2.22. The number of carbonyl (C=O) groups is 1. The molecular formula is C12H26N2O. The number of nitrogens with zero attached hydrogens (tertiary/aromatic N) is 1. The van der Waals surface area contributed by atoms with E-state index >= 15 is 0 Å². The van der Waals surface area contributed by atoms with E-state index in [2.05, 4.69) is 32.6 Å². The van der Waals surface area contributed by atoms with Crippen LogP contribution in [0.4, 0.5) is 0 Å². The summed E-state index contributed by atoms with van der Waals surface area (Å²) < 4.78 is 0. The van der Waals surface area contributed by atoms with E-state index in [-0.39, 0.29) is 5.91 Å². The Balaban J connectivity index is 3.89. The van der Waals surface area contributed by atoms with Crippen molar-refractivity contribution in [1.29, 1.82) is 0 Å². The normalized spacial score (nSPS) is 11.7. The highest BCUT2D eigenvalue weighted by Crippen LogP contribution is 2.05. The number of hydrogen-bond acceptors (Lipinski definition) is 2. The van der Waals surface area contributed by atoms with Gasteiger partial charge in [-0.15, -0.1) is 0 Å². The van der Waals surface area contributed by atoms with Gasteiger partial charge in [0.2, 0.25) is 5.91 Å². The van der Waals surface area contributed by atoms with Crippen molar-refractivity contribution in [2.45, 2.75) is 40.5 Å². The summed E-state index contributed by atoms with van der Waals surface area (Å²) in [6.07, 6.45) is 2.26. The summed E-state index contributed by atoms with van der Waals surface area (Å²) in [5.74, 6) is 1.14. The molecule has 15 heavy (non-hydrogen) atoms. The predicted octanol–water partition coefficient (Wildman–Crippen LogP) is 1.87. The first-order valence-corrected chi connectivity index (χ1v) is 5.92. The molecule has 0 saturated carbocycles. The maximum atomic E-state index is 10.9. The minimum absolute atomic E-state index is 0.220. The van der Waals surface area contributed by atoms with Crippen LogP contribution in [-0.2, 0) is 4.79 Å². The third-order valence-electron chi connectivity index (χ3n) is 2.42. The van der Waals surface area contributed by atoms with Crippen molar-refractivity contribution in [3.63, 3.8) is 0 Å². The summed E-state index contributed by atoms with van der Waals surface area (Å²) >= 11 is 0. The number of carbonyl (C=O) groups excluding carboxylic acids is 1. The second-order valence-corrected chi connectivity index (χ2v) is 5.11. The van der Waals surface area contributed by atoms with Crippen LogP contribution in [0.2, 0.25) is 0 Å². The Morgan fingerprint density at radius 3 is 1.73 bits per heavy atom. The first kappa shape index (κ1) is 14.4. The maximum Gasteiger partial charge on any atom is 0.231 e. The Labute approximate surface area is 94.0 Å². The zero-order valence-corrected chi connectivity index (χ0v) is 10.6. The van der Waals surface area contributed by atoms with Gasteiger partial charge in [0.25, 0.3) is 0 Å². The average molecular weight is 214 g/mol. The molecular weight excluding hydrogens is 188 g/mol. The van der Waals surface area contributed by atoms with E-state index in [4.69, 9.17) is 5.73 Å². The van der Waals surface area contributed by atoms with Crippen LogP contribution in [0.25, 0.3) is 0 Å². The zero-order chi connectivity index (χ0) is 11.8. The summed E-state index contributed by atoms with van der Waals surface area (Å²) in [7, 11) is 0. The lowest BCUT2D eigenvalue weighted by molar-refractivity contribution is -0.119. The van der Waals surface area contributed by atoms with E-state index in [9.17, 15) is 4.79 Å². The van der Waals surface area contributed by atoms with E-state index in [1.54, 1.807) is 0 Å². The van der Waals surface area contributed by atoms with Gasteiger partial charge < -0.3 is 5.73 Å². The van der Waals surface area contributed by atoms with Crippen LogP contribution in [-0.4, -0.2) is 30.4 Å². The van der Waals surface area contributed by atoms with Crippen LogP contribution < -0.4 is 5.73 Å².